The number of carbonyl (C=O) groups is 2. The number of hydrogen-bond donors (Lipinski definition) is 2. The van der Waals surface area contributed by atoms with Crippen molar-refractivity contribution >= 4 is 11.9 Å². The van der Waals surface area contributed by atoms with Crippen molar-refractivity contribution in [3.8, 4) is 11.1 Å². The van der Waals surface area contributed by atoms with E-state index in [-0.39, 0.29) is 11.3 Å². The largest absolute Gasteiger partial charge is 0.478 e. The zero-order chi connectivity index (χ0) is 13.1. The molecule has 0 atom stereocenters. The summed E-state index contributed by atoms with van der Waals surface area (Å²) in [7, 11) is 0. The minimum atomic E-state index is -1.12. The molecule has 0 amide bonds. The van der Waals surface area contributed by atoms with E-state index in [2.05, 4.69) is 4.98 Å². The summed E-state index contributed by atoms with van der Waals surface area (Å²) in [6.07, 6.45) is 1.38. The fourth-order valence-electron chi connectivity index (χ4n) is 1.56. The van der Waals surface area contributed by atoms with Crippen molar-refractivity contribution in [1.82, 2.24) is 4.98 Å². The monoisotopic (exact) mass is 243 g/mol. The fraction of sp³-hybridized carbons (Fsp3) is 0. The van der Waals surface area contributed by atoms with Crippen LogP contribution < -0.4 is 0 Å². The van der Waals surface area contributed by atoms with Gasteiger partial charge < -0.3 is 10.2 Å². The van der Waals surface area contributed by atoms with E-state index in [1.165, 1.54) is 24.4 Å². The standard InChI is InChI=1S/C13H9NO4/c15-12(16)10-3-1-2-8(6-10)9-4-5-14-11(7-9)13(17)18/h1-7H,(H,15,16)(H,17,18). The summed E-state index contributed by atoms with van der Waals surface area (Å²) in [5.74, 6) is -2.14. The van der Waals surface area contributed by atoms with Crippen LogP contribution in [0.4, 0.5) is 0 Å². The van der Waals surface area contributed by atoms with E-state index in [0.717, 1.165) is 0 Å². The number of nitrogens with zero attached hydrogens (tertiary/aromatic N) is 1. The fourth-order valence-corrected chi connectivity index (χ4v) is 1.56. The summed E-state index contributed by atoms with van der Waals surface area (Å²) in [5.41, 5.74) is 1.33. The molecule has 1 aromatic heterocycles. The molecule has 1 heterocycles. The van der Waals surface area contributed by atoms with Crippen LogP contribution in [0.2, 0.25) is 0 Å². The van der Waals surface area contributed by atoms with Crippen molar-refractivity contribution in [2.24, 2.45) is 0 Å². The van der Waals surface area contributed by atoms with Crippen molar-refractivity contribution in [3.05, 3.63) is 53.9 Å². The van der Waals surface area contributed by atoms with Gasteiger partial charge in [0, 0.05) is 6.20 Å². The Balaban J connectivity index is 2.48. The molecule has 0 unspecified atom stereocenters. The summed E-state index contributed by atoms with van der Waals surface area (Å²) in [5, 5.41) is 17.7. The Morgan fingerprint density at radius 2 is 1.67 bits per heavy atom. The average molecular weight is 243 g/mol. The first-order valence-corrected chi connectivity index (χ1v) is 5.11. The molecule has 18 heavy (non-hydrogen) atoms. The van der Waals surface area contributed by atoms with Gasteiger partial charge in [0.05, 0.1) is 5.56 Å². The predicted octanol–water partition coefficient (Wildman–Crippen LogP) is 2.15. The normalized spacial score (nSPS) is 10.0. The molecule has 0 spiro atoms. The zero-order valence-corrected chi connectivity index (χ0v) is 9.20. The molecular formula is C13H9NO4. The number of carboxylic acids is 2. The third kappa shape index (κ3) is 2.35. The Morgan fingerprint density at radius 3 is 2.33 bits per heavy atom. The number of carboxylic acid groups (broad SMARTS) is 2. The molecule has 2 aromatic rings. The average Bonchev–Trinajstić information content (AvgIpc) is 2.39. The third-order valence-corrected chi connectivity index (χ3v) is 2.42. The van der Waals surface area contributed by atoms with Crippen LogP contribution in [0.25, 0.3) is 11.1 Å². The second-order valence-electron chi connectivity index (χ2n) is 3.62. The first-order valence-electron chi connectivity index (χ1n) is 5.11. The molecule has 0 bridgehead atoms. The highest BCUT2D eigenvalue weighted by molar-refractivity contribution is 5.90. The van der Waals surface area contributed by atoms with E-state index in [9.17, 15) is 9.59 Å². The lowest BCUT2D eigenvalue weighted by atomic mass is 10.0. The minimum Gasteiger partial charge on any atom is -0.478 e. The summed E-state index contributed by atoms with van der Waals surface area (Å²) in [4.78, 5) is 25.4. The second-order valence-corrected chi connectivity index (χ2v) is 3.62. The van der Waals surface area contributed by atoms with Crippen LogP contribution in [-0.2, 0) is 0 Å². The van der Waals surface area contributed by atoms with E-state index >= 15 is 0 Å². The molecule has 5 heteroatoms. The predicted molar refractivity (Wildman–Crippen MR) is 63.6 cm³/mol. The van der Waals surface area contributed by atoms with Crippen molar-refractivity contribution < 1.29 is 19.8 Å². The van der Waals surface area contributed by atoms with Gasteiger partial charge in [0.15, 0.2) is 0 Å². The molecule has 0 aliphatic rings. The zero-order valence-electron chi connectivity index (χ0n) is 9.20. The lowest BCUT2D eigenvalue weighted by molar-refractivity contribution is 0.0682. The van der Waals surface area contributed by atoms with Crippen LogP contribution in [0.3, 0.4) is 0 Å². The van der Waals surface area contributed by atoms with Gasteiger partial charge in [-0.1, -0.05) is 12.1 Å². The molecular weight excluding hydrogens is 234 g/mol. The lowest BCUT2D eigenvalue weighted by Crippen LogP contribution is -2.00. The molecule has 0 aliphatic heterocycles. The van der Waals surface area contributed by atoms with Crippen molar-refractivity contribution in [1.29, 1.82) is 0 Å². The van der Waals surface area contributed by atoms with Crippen LogP contribution >= 0.6 is 0 Å². The second kappa shape index (κ2) is 4.67. The summed E-state index contributed by atoms with van der Waals surface area (Å²) in [6, 6.07) is 9.33. The van der Waals surface area contributed by atoms with Gasteiger partial charge in [-0.3, -0.25) is 0 Å². The van der Waals surface area contributed by atoms with E-state index in [0.29, 0.717) is 11.1 Å². The smallest absolute Gasteiger partial charge is 0.354 e. The molecule has 2 rings (SSSR count). The molecule has 0 saturated carbocycles. The van der Waals surface area contributed by atoms with E-state index in [4.69, 9.17) is 10.2 Å². The van der Waals surface area contributed by atoms with E-state index < -0.39 is 11.9 Å². The van der Waals surface area contributed by atoms with Gasteiger partial charge in [0.2, 0.25) is 0 Å². The van der Waals surface area contributed by atoms with Gasteiger partial charge in [-0.05, 0) is 35.4 Å². The summed E-state index contributed by atoms with van der Waals surface area (Å²) in [6.45, 7) is 0. The number of benzene rings is 1. The number of pyridine rings is 1. The van der Waals surface area contributed by atoms with Crippen LogP contribution in [0.15, 0.2) is 42.6 Å². The highest BCUT2D eigenvalue weighted by Gasteiger charge is 2.08. The van der Waals surface area contributed by atoms with Gasteiger partial charge in [-0.15, -0.1) is 0 Å². The van der Waals surface area contributed by atoms with Crippen LogP contribution in [0.1, 0.15) is 20.8 Å². The molecule has 0 saturated heterocycles. The van der Waals surface area contributed by atoms with Gasteiger partial charge in [0.25, 0.3) is 0 Å². The van der Waals surface area contributed by atoms with Crippen LogP contribution in [0.5, 0.6) is 0 Å². The van der Waals surface area contributed by atoms with Gasteiger partial charge in [-0.25, -0.2) is 14.6 Å². The Kier molecular flexibility index (Phi) is 3.05. The highest BCUT2D eigenvalue weighted by Crippen LogP contribution is 2.20. The molecule has 0 radical (unpaired) electrons. The summed E-state index contributed by atoms with van der Waals surface area (Å²) >= 11 is 0. The molecule has 2 N–H and O–H groups in total. The maximum atomic E-state index is 10.9. The first kappa shape index (κ1) is 11.8. The Labute approximate surface area is 102 Å². The number of rotatable bonds is 3. The topological polar surface area (TPSA) is 87.5 Å². The van der Waals surface area contributed by atoms with Gasteiger partial charge >= 0.3 is 11.9 Å². The number of aromatic nitrogens is 1. The number of aromatic carboxylic acids is 2. The van der Waals surface area contributed by atoms with Gasteiger partial charge in [-0.2, -0.15) is 0 Å². The van der Waals surface area contributed by atoms with Gasteiger partial charge in [0.1, 0.15) is 5.69 Å². The van der Waals surface area contributed by atoms with Crippen molar-refractivity contribution in [2.45, 2.75) is 0 Å². The Morgan fingerprint density at radius 1 is 0.944 bits per heavy atom. The molecule has 5 nitrogen and oxygen atoms in total. The summed E-state index contributed by atoms with van der Waals surface area (Å²) < 4.78 is 0. The number of hydrogen-bond acceptors (Lipinski definition) is 3. The van der Waals surface area contributed by atoms with E-state index in [1.54, 1.807) is 18.2 Å². The van der Waals surface area contributed by atoms with Crippen molar-refractivity contribution in [2.75, 3.05) is 0 Å². The van der Waals surface area contributed by atoms with E-state index in [1.807, 2.05) is 0 Å². The SMILES string of the molecule is O=C(O)c1cccc(-c2ccnc(C(=O)O)c2)c1. The molecule has 90 valence electrons. The minimum absolute atomic E-state index is 0.0757. The molecule has 0 aliphatic carbocycles. The molecule has 1 aromatic carbocycles. The third-order valence-electron chi connectivity index (χ3n) is 2.42. The Hall–Kier alpha value is -2.69. The first-order chi connectivity index (χ1) is 8.58. The molecule has 0 fully saturated rings. The maximum absolute atomic E-state index is 10.9. The highest BCUT2D eigenvalue weighted by atomic mass is 16.4. The lowest BCUT2D eigenvalue weighted by Gasteiger charge is -2.03. The van der Waals surface area contributed by atoms with Crippen LogP contribution in [-0.4, -0.2) is 27.1 Å². The Bertz CT molecular complexity index is 566. The quantitative estimate of drug-likeness (QED) is 0.862. The van der Waals surface area contributed by atoms with Crippen molar-refractivity contribution in [3.63, 3.8) is 0 Å². The maximum Gasteiger partial charge on any atom is 0.354 e. The van der Waals surface area contributed by atoms with Crippen LogP contribution in [0, 0.1) is 0 Å².